The van der Waals surface area contributed by atoms with E-state index in [1.165, 1.54) is 0 Å². The second-order valence-electron chi connectivity index (χ2n) is 12.1. The van der Waals surface area contributed by atoms with Gasteiger partial charge in [-0.2, -0.15) is 0 Å². The average Bonchev–Trinajstić information content (AvgIpc) is 2.97. The Morgan fingerprint density at radius 3 is 2.17 bits per heavy atom. The zero-order valence-electron chi connectivity index (χ0n) is 25.1. The van der Waals surface area contributed by atoms with Gasteiger partial charge in [0, 0.05) is 34.5 Å². The predicted octanol–water partition coefficient (Wildman–Crippen LogP) is 5.41. The van der Waals surface area contributed by atoms with Gasteiger partial charge in [0.25, 0.3) is 5.91 Å². The minimum atomic E-state index is -1.67. The highest BCUT2D eigenvalue weighted by molar-refractivity contribution is 7.85. The van der Waals surface area contributed by atoms with Crippen molar-refractivity contribution in [3.8, 4) is 0 Å². The van der Waals surface area contributed by atoms with E-state index in [0.717, 1.165) is 49.0 Å². The number of hydrogen-bond donors (Lipinski definition) is 4. The average molecular weight is 600 g/mol. The molecule has 2 aromatic carbocycles. The van der Waals surface area contributed by atoms with Crippen LogP contribution in [0.4, 0.5) is 10.5 Å². The number of nitrogens with one attached hydrogen (secondary N) is 2. The molecule has 1 aliphatic rings. The second kappa shape index (κ2) is 15.3. The van der Waals surface area contributed by atoms with Gasteiger partial charge in [-0.1, -0.05) is 46.2 Å². The lowest BCUT2D eigenvalue weighted by molar-refractivity contribution is -0.146. The molecular formula is C32H45N3O6S. The fraction of sp³-hybridized carbons (Fsp3) is 0.531. The van der Waals surface area contributed by atoms with Gasteiger partial charge >= 0.3 is 12.0 Å². The summed E-state index contributed by atoms with van der Waals surface area (Å²) in [6, 6.07) is 13.9. The van der Waals surface area contributed by atoms with Crippen LogP contribution in [-0.4, -0.2) is 61.7 Å². The fourth-order valence-corrected chi connectivity index (χ4v) is 6.46. The first-order valence-electron chi connectivity index (χ1n) is 14.7. The number of unbranched alkanes of at least 4 members (excludes halogenated alkanes) is 1. The molecule has 2 atom stereocenters. The molecule has 0 spiro atoms. The van der Waals surface area contributed by atoms with E-state index in [2.05, 4.69) is 38.3 Å². The molecule has 0 aromatic heterocycles. The highest BCUT2D eigenvalue weighted by Gasteiger charge is 2.33. The van der Waals surface area contributed by atoms with Crippen LogP contribution in [0.25, 0.3) is 0 Å². The van der Waals surface area contributed by atoms with E-state index < -0.39 is 35.3 Å². The molecule has 2 aromatic rings. The minimum absolute atomic E-state index is 0.0601. The van der Waals surface area contributed by atoms with E-state index in [1.54, 1.807) is 48.5 Å². The normalized spacial score (nSPS) is 18.5. The first kappa shape index (κ1) is 33.3. The summed E-state index contributed by atoms with van der Waals surface area (Å²) >= 11 is 0. The maximum Gasteiger partial charge on any atom is 0.334 e. The molecule has 42 heavy (non-hydrogen) atoms. The lowest BCUT2D eigenvalue weighted by Crippen LogP contribution is -2.45. The number of hydrogen-bond acceptors (Lipinski definition) is 5. The van der Waals surface area contributed by atoms with Crippen molar-refractivity contribution < 1.29 is 28.8 Å². The van der Waals surface area contributed by atoms with Crippen LogP contribution in [-0.2, 0) is 22.1 Å². The van der Waals surface area contributed by atoms with Crippen molar-refractivity contribution in [1.29, 1.82) is 0 Å². The number of carboxylic acid groups (broad SMARTS) is 1. The van der Waals surface area contributed by atoms with Crippen LogP contribution in [0.1, 0.15) is 82.1 Å². The van der Waals surface area contributed by atoms with Crippen molar-refractivity contribution in [1.82, 2.24) is 10.2 Å². The number of aliphatic hydroxyl groups is 1. The largest absolute Gasteiger partial charge is 0.479 e. The van der Waals surface area contributed by atoms with Crippen molar-refractivity contribution in [2.45, 2.75) is 89.8 Å². The number of rotatable bonds is 12. The van der Waals surface area contributed by atoms with E-state index in [1.807, 2.05) is 4.90 Å². The topological polar surface area (TPSA) is 136 Å². The standard InChI is InChI=1S/C32H45N3O6S/c1-5-6-19-42(41)27-17-13-25(14-18-27)34-31(40)35(26-15-11-24(12-16-26)32(2,3)4)21-22-7-9-23(10-8-22)29(37)33-20-28(36)30(38)39/h7-10,13-14,17-18,24,26,28,36H,5-6,11-12,15-16,19-21H2,1-4H3,(H,33,37)(H,34,40)(H,38,39)/t24?,26?,28-,42?/m1/s1. The maximum atomic E-state index is 13.7. The number of aliphatic hydroxyl groups excluding tert-OH is 1. The van der Waals surface area contributed by atoms with E-state index in [9.17, 15) is 23.7 Å². The first-order chi connectivity index (χ1) is 19.9. The van der Waals surface area contributed by atoms with Crippen LogP contribution in [0.2, 0.25) is 0 Å². The monoisotopic (exact) mass is 599 g/mol. The summed E-state index contributed by atoms with van der Waals surface area (Å²) in [5.74, 6) is -0.676. The predicted molar refractivity (Wildman–Crippen MR) is 165 cm³/mol. The molecule has 0 saturated heterocycles. The molecule has 3 rings (SSSR count). The molecule has 3 amide bonds. The molecule has 10 heteroatoms. The molecule has 0 aliphatic heterocycles. The number of amides is 3. The van der Waals surface area contributed by atoms with Gasteiger partial charge in [0.15, 0.2) is 6.10 Å². The molecule has 0 radical (unpaired) electrons. The summed E-state index contributed by atoms with van der Waals surface area (Å²) in [5.41, 5.74) is 2.04. The number of anilines is 1. The number of aliphatic carboxylic acids is 1. The summed E-state index contributed by atoms with van der Waals surface area (Å²) in [6.07, 6.45) is 4.09. The van der Waals surface area contributed by atoms with E-state index in [0.29, 0.717) is 29.5 Å². The van der Waals surface area contributed by atoms with Crippen molar-refractivity contribution in [3.63, 3.8) is 0 Å². The SMILES string of the molecule is CCCCS(=O)c1ccc(NC(=O)N(Cc2ccc(C(=O)NC[C@@H](O)C(=O)O)cc2)C2CCC(C(C)(C)C)CC2)cc1. The molecular weight excluding hydrogens is 554 g/mol. The zero-order chi connectivity index (χ0) is 30.9. The Balaban J connectivity index is 1.72. The molecule has 9 nitrogen and oxygen atoms in total. The minimum Gasteiger partial charge on any atom is -0.479 e. The molecule has 1 fully saturated rings. The van der Waals surface area contributed by atoms with Crippen LogP contribution < -0.4 is 10.6 Å². The summed E-state index contributed by atoms with van der Waals surface area (Å²) in [5, 5.41) is 23.6. The highest BCUT2D eigenvalue weighted by atomic mass is 32.2. The van der Waals surface area contributed by atoms with Crippen molar-refractivity contribution in [3.05, 3.63) is 59.7 Å². The Labute approximate surface area is 251 Å². The van der Waals surface area contributed by atoms with Gasteiger partial charge in [-0.3, -0.25) is 9.00 Å². The molecule has 1 aliphatic carbocycles. The molecule has 0 bridgehead atoms. The zero-order valence-corrected chi connectivity index (χ0v) is 25.9. The maximum absolute atomic E-state index is 13.7. The third-order valence-corrected chi connectivity index (χ3v) is 9.44. The summed E-state index contributed by atoms with van der Waals surface area (Å²) in [7, 11) is -1.06. The third-order valence-electron chi connectivity index (χ3n) is 7.98. The second-order valence-corrected chi connectivity index (χ2v) is 13.7. The number of carbonyl (C=O) groups is 3. The van der Waals surface area contributed by atoms with Crippen LogP contribution in [0.15, 0.2) is 53.4 Å². The number of carbonyl (C=O) groups excluding carboxylic acids is 2. The van der Waals surface area contributed by atoms with Crippen LogP contribution >= 0.6 is 0 Å². The van der Waals surface area contributed by atoms with Gasteiger partial charge in [-0.25, -0.2) is 9.59 Å². The van der Waals surface area contributed by atoms with Gasteiger partial charge in [-0.05, 0) is 85.4 Å². The van der Waals surface area contributed by atoms with Gasteiger partial charge in [0.05, 0.1) is 17.3 Å². The third kappa shape index (κ3) is 9.66. The molecule has 1 unspecified atom stereocenters. The Hall–Kier alpha value is -3.24. The Morgan fingerprint density at radius 2 is 1.62 bits per heavy atom. The van der Waals surface area contributed by atoms with Gasteiger partial charge in [-0.15, -0.1) is 0 Å². The van der Waals surface area contributed by atoms with Crippen LogP contribution in [0.5, 0.6) is 0 Å². The summed E-state index contributed by atoms with van der Waals surface area (Å²) in [6.45, 7) is 8.83. The summed E-state index contributed by atoms with van der Waals surface area (Å²) < 4.78 is 12.5. The molecule has 230 valence electrons. The van der Waals surface area contributed by atoms with E-state index in [4.69, 9.17) is 5.11 Å². The van der Waals surface area contributed by atoms with Crippen LogP contribution in [0.3, 0.4) is 0 Å². The van der Waals surface area contributed by atoms with E-state index >= 15 is 0 Å². The van der Waals surface area contributed by atoms with Gasteiger partial charge in [0.1, 0.15) is 0 Å². The number of urea groups is 1. The quantitative estimate of drug-likeness (QED) is 0.258. The Kier molecular flexibility index (Phi) is 12.1. The Morgan fingerprint density at radius 1 is 1.00 bits per heavy atom. The number of nitrogens with zero attached hydrogens (tertiary/aromatic N) is 1. The number of benzene rings is 2. The van der Waals surface area contributed by atoms with Crippen molar-refractivity contribution in [2.75, 3.05) is 17.6 Å². The number of carboxylic acids is 1. The highest BCUT2D eigenvalue weighted by Crippen LogP contribution is 2.39. The molecule has 1 saturated carbocycles. The lowest BCUT2D eigenvalue weighted by atomic mass is 9.71. The van der Waals surface area contributed by atoms with Crippen molar-refractivity contribution in [2.24, 2.45) is 11.3 Å². The smallest absolute Gasteiger partial charge is 0.334 e. The van der Waals surface area contributed by atoms with E-state index in [-0.39, 0.29) is 17.5 Å². The Bertz CT molecular complexity index is 1220. The van der Waals surface area contributed by atoms with Crippen molar-refractivity contribution >= 4 is 34.4 Å². The lowest BCUT2D eigenvalue weighted by Gasteiger charge is -2.41. The molecule has 0 heterocycles. The summed E-state index contributed by atoms with van der Waals surface area (Å²) in [4.78, 5) is 39.4. The molecule has 4 N–H and O–H groups in total. The fourth-order valence-electron chi connectivity index (χ4n) is 5.24. The van der Waals surface area contributed by atoms with Gasteiger partial charge < -0.3 is 25.7 Å². The first-order valence-corrected chi connectivity index (χ1v) is 16.0. The van der Waals surface area contributed by atoms with Crippen LogP contribution in [0, 0.1) is 11.3 Å². The van der Waals surface area contributed by atoms with Gasteiger partial charge in [0.2, 0.25) is 0 Å².